The predicted molar refractivity (Wildman–Crippen MR) is 83.2 cm³/mol. The molecule has 0 bridgehead atoms. The molecule has 0 spiro atoms. The molecule has 2 aromatic rings. The molecule has 2 rings (SSSR count). The standard InChI is InChI=1S/C17H18O5/c1-10(18)5-15(19)14-9-13-11(7-16(14)21-3)6-12(20-2)8-17(13)22-4/h6-9H,5H2,1-4H3. The van der Waals surface area contributed by atoms with Crippen LogP contribution in [0.25, 0.3) is 10.8 Å². The zero-order valence-electron chi connectivity index (χ0n) is 13.1. The monoisotopic (exact) mass is 302 g/mol. The molecule has 0 amide bonds. The lowest BCUT2D eigenvalue weighted by molar-refractivity contribution is -0.116. The van der Waals surface area contributed by atoms with Gasteiger partial charge in [-0.2, -0.15) is 0 Å². The Morgan fingerprint density at radius 1 is 0.909 bits per heavy atom. The van der Waals surface area contributed by atoms with Crippen LogP contribution in [0, 0.1) is 0 Å². The number of fused-ring (bicyclic) bond motifs is 1. The van der Waals surface area contributed by atoms with E-state index in [1.807, 2.05) is 6.07 Å². The maximum absolute atomic E-state index is 12.2. The number of methoxy groups -OCH3 is 3. The quantitative estimate of drug-likeness (QED) is 0.606. The van der Waals surface area contributed by atoms with E-state index in [4.69, 9.17) is 14.2 Å². The van der Waals surface area contributed by atoms with Crippen molar-refractivity contribution in [3.05, 3.63) is 29.8 Å². The molecule has 116 valence electrons. The fourth-order valence-electron chi connectivity index (χ4n) is 2.33. The van der Waals surface area contributed by atoms with Crippen molar-refractivity contribution in [3.63, 3.8) is 0 Å². The topological polar surface area (TPSA) is 61.8 Å². The molecule has 0 aliphatic heterocycles. The Kier molecular flexibility index (Phi) is 4.65. The number of carbonyl (C=O) groups is 2. The second-order valence-electron chi connectivity index (χ2n) is 4.91. The summed E-state index contributed by atoms with van der Waals surface area (Å²) in [5.74, 6) is 1.20. The maximum Gasteiger partial charge on any atom is 0.173 e. The summed E-state index contributed by atoms with van der Waals surface area (Å²) in [4.78, 5) is 23.4. The van der Waals surface area contributed by atoms with E-state index in [2.05, 4.69) is 0 Å². The summed E-state index contributed by atoms with van der Waals surface area (Å²) in [6, 6.07) is 7.01. The van der Waals surface area contributed by atoms with E-state index in [9.17, 15) is 9.59 Å². The first-order valence-corrected chi connectivity index (χ1v) is 6.76. The van der Waals surface area contributed by atoms with Crippen LogP contribution in [0.4, 0.5) is 0 Å². The number of carbonyl (C=O) groups excluding carboxylic acids is 2. The number of Topliss-reactive ketones (excluding diaryl/α,β-unsaturated/α-hetero) is 2. The minimum absolute atomic E-state index is 0.152. The van der Waals surface area contributed by atoms with Crippen LogP contribution >= 0.6 is 0 Å². The summed E-state index contributed by atoms with van der Waals surface area (Å²) < 4.78 is 15.9. The fourth-order valence-corrected chi connectivity index (χ4v) is 2.33. The van der Waals surface area contributed by atoms with Crippen LogP contribution in [0.1, 0.15) is 23.7 Å². The molecular formula is C17H18O5. The van der Waals surface area contributed by atoms with Gasteiger partial charge in [0.05, 0.1) is 33.3 Å². The highest BCUT2D eigenvalue weighted by Crippen LogP contribution is 2.35. The highest BCUT2D eigenvalue weighted by molar-refractivity contribution is 6.11. The van der Waals surface area contributed by atoms with Crippen LogP contribution in [-0.2, 0) is 4.79 Å². The zero-order chi connectivity index (χ0) is 16.3. The van der Waals surface area contributed by atoms with Gasteiger partial charge in [-0.05, 0) is 30.5 Å². The molecule has 0 saturated carbocycles. The third kappa shape index (κ3) is 3.03. The number of benzene rings is 2. The Hall–Kier alpha value is -2.56. The smallest absolute Gasteiger partial charge is 0.173 e. The molecule has 0 fully saturated rings. The van der Waals surface area contributed by atoms with E-state index in [1.54, 1.807) is 32.4 Å². The minimum Gasteiger partial charge on any atom is -0.497 e. The molecule has 0 unspecified atom stereocenters. The first kappa shape index (κ1) is 15.8. The summed E-state index contributed by atoms with van der Waals surface area (Å²) in [7, 11) is 4.61. The number of hydrogen-bond acceptors (Lipinski definition) is 5. The zero-order valence-corrected chi connectivity index (χ0v) is 13.1. The van der Waals surface area contributed by atoms with Crippen molar-refractivity contribution in [1.82, 2.24) is 0 Å². The van der Waals surface area contributed by atoms with Gasteiger partial charge in [-0.25, -0.2) is 0 Å². The third-order valence-electron chi connectivity index (χ3n) is 3.37. The van der Waals surface area contributed by atoms with E-state index >= 15 is 0 Å². The average molecular weight is 302 g/mol. The molecule has 0 aliphatic carbocycles. The van der Waals surface area contributed by atoms with Crippen molar-refractivity contribution in [2.75, 3.05) is 21.3 Å². The highest BCUT2D eigenvalue weighted by Gasteiger charge is 2.17. The van der Waals surface area contributed by atoms with Gasteiger partial charge in [0.1, 0.15) is 23.0 Å². The van der Waals surface area contributed by atoms with Crippen LogP contribution in [0.3, 0.4) is 0 Å². The van der Waals surface area contributed by atoms with Crippen LogP contribution in [0.5, 0.6) is 17.2 Å². The normalized spacial score (nSPS) is 10.4. The molecule has 0 aromatic heterocycles. The van der Waals surface area contributed by atoms with Crippen LogP contribution < -0.4 is 14.2 Å². The van der Waals surface area contributed by atoms with Gasteiger partial charge in [-0.3, -0.25) is 9.59 Å². The second-order valence-corrected chi connectivity index (χ2v) is 4.91. The average Bonchev–Trinajstić information content (AvgIpc) is 2.51. The molecule has 0 N–H and O–H groups in total. The lowest BCUT2D eigenvalue weighted by atomic mass is 9.99. The summed E-state index contributed by atoms with van der Waals surface area (Å²) in [6.45, 7) is 1.39. The van der Waals surface area contributed by atoms with Gasteiger partial charge in [0.2, 0.25) is 0 Å². The predicted octanol–water partition coefficient (Wildman–Crippen LogP) is 3.03. The first-order chi connectivity index (χ1) is 10.5. The Labute approximate surface area is 128 Å². The molecule has 0 atom stereocenters. The van der Waals surface area contributed by atoms with Crippen molar-refractivity contribution in [2.45, 2.75) is 13.3 Å². The van der Waals surface area contributed by atoms with Crippen molar-refractivity contribution >= 4 is 22.3 Å². The van der Waals surface area contributed by atoms with Crippen molar-refractivity contribution in [3.8, 4) is 17.2 Å². The largest absolute Gasteiger partial charge is 0.497 e. The molecule has 22 heavy (non-hydrogen) atoms. The van der Waals surface area contributed by atoms with E-state index in [0.717, 1.165) is 10.8 Å². The number of ether oxygens (including phenoxy) is 3. The summed E-state index contributed by atoms with van der Waals surface area (Å²) in [6.07, 6.45) is -0.152. The maximum atomic E-state index is 12.2. The van der Waals surface area contributed by atoms with E-state index in [0.29, 0.717) is 22.8 Å². The molecule has 2 aromatic carbocycles. The van der Waals surface area contributed by atoms with Gasteiger partial charge in [-0.1, -0.05) is 0 Å². The molecule has 5 nitrogen and oxygen atoms in total. The van der Waals surface area contributed by atoms with Crippen molar-refractivity contribution in [1.29, 1.82) is 0 Å². The number of ketones is 2. The van der Waals surface area contributed by atoms with Gasteiger partial charge in [0.15, 0.2) is 5.78 Å². The van der Waals surface area contributed by atoms with Crippen LogP contribution in [0.15, 0.2) is 24.3 Å². The number of rotatable bonds is 6. The Morgan fingerprint density at radius 3 is 2.14 bits per heavy atom. The second kappa shape index (κ2) is 6.47. The van der Waals surface area contributed by atoms with Crippen LogP contribution in [0.2, 0.25) is 0 Å². The molecule has 5 heteroatoms. The summed E-state index contributed by atoms with van der Waals surface area (Å²) in [5.41, 5.74) is 0.369. The molecule has 0 radical (unpaired) electrons. The van der Waals surface area contributed by atoms with Gasteiger partial charge < -0.3 is 14.2 Å². The lowest BCUT2D eigenvalue weighted by Gasteiger charge is -2.13. The van der Waals surface area contributed by atoms with Gasteiger partial charge in [0, 0.05) is 11.5 Å². The van der Waals surface area contributed by atoms with E-state index < -0.39 is 0 Å². The lowest BCUT2D eigenvalue weighted by Crippen LogP contribution is -2.07. The third-order valence-corrected chi connectivity index (χ3v) is 3.37. The minimum atomic E-state index is -0.274. The SMILES string of the molecule is COc1cc(OC)c2cc(C(=O)CC(C)=O)c(OC)cc2c1. The van der Waals surface area contributed by atoms with Crippen molar-refractivity contribution < 1.29 is 23.8 Å². The van der Waals surface area contributed by atoms with Gasteiger partial charge in [-0.15, -0.1) is 0 Å². The number of hydrogen-bond donors (Lipinski definition) is 0. The van der Waals surface area contributed by atoms with Gasteiger partial charge >= 0.3 is 0 Å². The molecule has 0 aliphatic rings. The Bertz CT molecular complexity index is 733. The molecular weight excluding hydrogens is 284 g/mol. The van der Waals surface area contributed by atoms with E-state index in [1.165, 1.54) is 14.0 Å². The highest BCUT2D eigenvalue weighted by atomic mass is 16.5. The van der Waals surface area contributed by atoms with E-state index in [-0.39, 0.29) is 18.0 Å². The molecule has 0 saturated heterocycles. The summed E-state index contributed by atoms with van der Waals surface area (Å²) in [5, 5.41) is 1.59. The summed E-state index contributed by atoms with van der Waals surface area (Å²) >= 11 is 0. The van der Waals surface area contributed by atoms with Gasteiger partial charge in [0.25, 0.3) is 0 Å². The Balaban J connectivity index is 2.67. The van der Waals surface area contributed by atoms with Crippen molar-refractivity contribution in [2.24, 2.45) is 0 Å². The first-order valence-electron chi connectivity index (χ1n) is 6.76. The van der Waals surface area contributed by atoms with Crippen LogP contribution in [-0.4, -0.2) is 32.9 Å². The fraction of sp³-hybridized carbons (Fsp3) is 0.294. The molecule has 0 heterocycles. The Morgan fingerprint density at radius 2 is 1.59 bits per heavy atom.